The molecule has 1 aromatic heterocycles. The number of halogens is 2. The van der Waals surface area contributed by atoms with Gasteiger partial charge >= 0.3 is 5.69 Å². The van der Waals surface area contributed by atoms with E-state index >= 15 is 0 Å². The van der Waals surface area contributed by atoms with E-state index in [0.717, 1.165) is 6.07 Å². The monoisotopic (exact) mass is 328 g/mol. The van der Waals surface area contributed by atoms with Gasteiger partial charge < -0.3 is 0 Å². The summed E-state index contributed by atoms with van der Waals surface area (Å²) in [5.41, 5.74) is -0.517. The lowest BCUT2D eigenvalue weighted by Gasteiger charge is -2.65. The molecule has 2 bridgehead atoms. The molecule has 7 heteroatoms. The number of rotatable bonds is 2. The van der Waals surface area contributed by atoms with Crippen LogP contribution in [-0.2, 0) is 12.0 Å². The van der Waals surface area contributed by atoms with Gasteiger partial charge in [0.15, 0.2) is 0 Å². The fraction of sp³-hybridized carbons (Fsp3) is 0.471. The average Bonchev–Trinajstić information content (AvgIpc) is 2.99. The molecule has 2 aromatic rings. The van der Waals surface area contributed by atoms with Gasteiger partial charge in [0.2, 0.25) is 0 Å². The molecule has 1 aliphatic heterocycles. The van der Waals surface area contributed by atoms with Gasteiger partial charge in [-0.05, 0) is 31.7 Å². The molecule has 24 heavy (non-hydrogen) atoms. The van der Waals surface area contributed by atoms with E-state index in [-0.39, 0.29) is 16.6 Å². The Morgan fingerprint density at radius 1 is 1.29 bits per heavy atom. The molecule has 0 N–H and O–H groups in total. The van der Waals surface area contributed by atoms with Crippen LogP contribution < -0.4 is 5.69 Å². The Labute approximate surface area is 136 Å². The molecule has 3 saturated carbocycles. The van der Waals surface area contributed by atoms with Crippen LogP contribution in [0.3, 0.4) is 0 Å². The molecule has 2 heterocycles. The first kappa shape index (κ1) is 13.9. The molecule has 0 amide bonds. The minimum Gasteiger partial charge on any atom is -0.271 e. The van der Waals surface area contributed by atoms with E-state index < -0.39 is 17.7 Å². The van der Waals surface area contributed by atoms with Crippen molar-refractivity contribution in [3.05, 3.63) is 51.7 Å². The summed E-state index contributed by atoms with van der Waals surface area (Å²) in [6.45, 7) is 0. The van der Waals surface area contributed by atoms with Crippen molar-refractivity contribution in [3.8, 4) is 6.07 Å². The number of fused-ring (bicyclic) bond motifs is 1. The Kier molecular flexibility index (Phi) is 2.39. The van der Waals surface area contributed by atoms with E-state index in [4.69, 9.17) is 5.26 Å². The Hall–Kier alpha value is -2.49. The molecule has 3 fully saturated rings. The molecule has 122 valence electrons. The highest BCUT2D eigenvalue weighted by molar-refractivity contribution is 5.30. The van der Waals surface area contributed by atoms with E-state index in [0.29, 0.717) is 43.5 Å². The largest absolute Gasteiger partial charge is 0.347 e. The zero-order valence-corrected chi connectivity index (χ0v) is 12.8. The molecule has 0 radical (unpaired) electrons. The van der Waals surface area contributed by atoms with Crippen molar-refractivity contribution >= 4 is 0 Å². The van der Waals surface area contributed by atoms with E-state index in [9.17, 15) is 13.6 Å². The van der Waals surface area contributed by atoms with Gasteiger partial charge in [0, 0.05) is 18.1 Å². The Bertz CT molecular complexity index is 964. The molecule has 0 saturated heterocycles. The zero-order valence-electron chi connectivity index (χ0n) is 12.8. The first-order valence-corrected chi connectivity index (χ1v) is 8.04. The minimum absolute atomic E-state index is 0.248. The lowest BCUT2D eigenvalue weighted by atomic mass is 9.40. The predicted octanol–water partition coefficient (Wildman–Crippen LogP) is 2.26. The van der Waals surface area contributed by atoms with Crippen LogP contribution in [0, 0.1) is 28.4 Å². The standard InChI is InChI=1S/C17H14F2N4O/c18-10-1-2-11(12(19)5-10)13-3-4-14-21-23(15(24)22(13)14)17-6-16(7-17,8-17)9-20/h1-2,5,13H,3-4,6-8H2. The van der Waals surface area contributed by atoms with Gasteiger partial charge in [0.1, 0.15) is 17.5 Å². The maximum Gasteiger partial charge on any atom is 0.347 e. The first-order valence-electron chi connectivity index (χ1n) is 8.04. The fourth-order valence-corrected chi connectivity index (χ4v) is 4.75. The third kappa shape index (κ3) is 1.51. The summed E-state index contributed by atoms with van der Waals surface area (Å²) in [5.74, 6) is -0.626. The van der Waals surface area contributed by atoms with E-state index in [1.54, 1.807) is 0 Å². The highest BCUT2D eigenvalue weighted by Gasteiger charge is 2.71. The van der Waals surface area contributed by atoms with Crippen molar-refractivity contribution < 1.29 is 8.78 Å². The van der Waals surface area contributed by atoms with Crippen LogP contribution in [-0.4, -0.2) is 14.3 Å². The lowest BCUT2D eigenvalue weighted by Crippen LogP contribution is -2.69. The van der Waals surface area contributed by atoms with Crippen molar-refractivity contribution in [1.82, 2.24) is 14.3 Å². The Morgan fingerprint density at radius 3 is 2.71 bits per heavy atom. The summed E-state index contributed by atoms with van der Waals surface area (Å²) < 4.78 is 30.3. The highest BCUT2D eigenvalue weighted by Crippen LogP contribution is 2.70. The van der Waals surface area contributed by atoms with Crippen molar-refractivity contribution in [3.63, 3.8) is 0 Å². The number of nitrogens with zero attached hydrogens (tertiary/aromatic N) is 4. The molecule has 1 atom stereocenters. The van der Waals surface area contributed by atoms with Crippen LogP contribution in [0.2, 0.25) is 0 Å². The molecule has 6 rings (SSSR count). The quantitative estimate of drug-likeness (QED) is 0.849. The highest BCUT2D eigenvalue weighted by atomic mass is 19.1. The van der Waals surface area contributed by atoms with E-state index in [1.807, 2.05) is 0 Å². The summed E-state index contributed by atoms with van der Waals surface area (Å²) >= 11 is 0. The summed E-state index contributed by atoms with van der Waals surface area (Å²) in [5, 5.41) is 13.6. The Balaban J connectivity index is 1.56. The summed E-state index contributed by atoms with van der Waals surface area (Å²) in [4.78, 5) is 12.9. The topological polar surface area (TPSA) is 63.6 Å². The van der Waals surface area contributed by atoms with Gasteiger partial charge in [-0.25, -0.2) is 18.3 Å². The van der Waals surface area contributed by atoms with E-state index in [2.05, 4.69) is 11.2 Å². The molecular weight excluding hydrogens is 314 g/mol. The molecule has 1 unspecified atom stereocenters. The lowest BCUT2D eigenvalue weighted by molar-refractivity contribution is -0.155. The molecule has 1 aromatic carbocycles. The molecule has 5 nitrogen and oxygen atoms in total. The van der Waals surface area contributed by atoms with Gasteiger partial charge in [-0.15, -0.1) is 0 Å². The van der Waals surface area contributed by atoms with Crippen LogP contribution in [0.15, 0.2) is 23.0 Å². The summed E-state index contributed by atoms with van der Waals surface area (Å²) in [6, 6.07) is 5.34. The fourth-order valence-electron chi connectivity index (χ4n) is 4.75. The second kappa shape index (κ2) is 4.12. The van der Waals surface area contributed by atoms with Crippen LogP contribution in [0.1, 0.15) is 43.1 Å². The number of aromatic nitrogens is 3. The van der Waals surface area contributed by atoms with Gasteiger partial charge in [0.05, 0.1) is 23.1 Å². The molecule has 4 aliphatic rings. The minimum atomic E-state index is -0.638. The second-order valence-electron chi connectivity index (χ2n) is 7.35. The van der Waals surface area contributed by atoms with Crippen molar-refractivity contribution in [1.29, 1.82) is 5.26 Å². The molecular formula is C17H14F2N4O. The molecule has 0 spiro atoms. The number of aryl methyl sites for hydroxylation is 1. The average molecular weight is 328 g/mol. The van der Waals surface area contributed by atoms with Gasteiger partial charge in [-0.3, -0.25) is 4.57 Å². The third-order valence-electron chi connectivity index (χ3n) is 5.84. The van der Waals surface area contributed by atoms with Gasteiger partial charge in [-0.1, -0.05) is 6.07 Å². The number of benzene rings is 1. The third-order valence-corrected chi connectivity index (χ3v) is 5.84. The molecule has 3 aliphatic carbocycles. The maximum absolute atomic E-state index is 14.1. The van der Waals surface area contributed by atoms with Crippen LogP contribution in [0.5, 0.6) is 0 Å². The van der Waals surface area contributed by atoms with Crippen molar-refractivity contribution in [2.24, 2.45) is 5.41 Å². The van der Waals surface area contributed by atoms with Crippen LogP contribution in [0.4, 0.5) is 8.78 Å². The number of nitriles is 1. The van der Waals surface area contributed by atoms with E-state index in [1.165, 1.54) is 21.4 Å². The first-order chi connectivity index (χ1) is 11.5. The van der Waals surface area contributed by atoms with Crippen molar-refractivity contribution in [2.75, 3.05) is 0 Å². The maximum atomic E-state index is 14.1. The SMILES string of the molecule is N#CC12CC(n3nc4n(c3=O)C(c3ccc(F)cc3F)CC4)(C1)C2. The van der Waals surface area contributed by atoms with Crippen molar-refractivity contribution in [2.45, 2.75) is 43.7 Å². The summed E-state index contributed by atoms with van der Waals surface area (Å²) in [7, 11) is 0. The predicted molar refractivity (Wildman–Crippen MR) is 79.2 cm³/mol. The number of hydrogen-bond donors (Lipinski definition) is 0. The van der Waals surface area contributed by atoms with Gasteiger partial charge in [0.25, 0.3) is 0 Å². The second-order valence-corrected chi connectivity index (χ2v) is 7.35. The Morgan fingerprint density at radius 2 is 2.04 bits per heavy atom. The smallest absolute Gasteiger partial charge is 0.271 e. The zero-order chi connectivity index (χ0) is 16.7. The summed E-state index contributed by atoms with van der Waals surface area (Å²) in [6.07, 6.45) is 3.17. The van der Waals surface area contributed by atoms with Gasteiger partial charge in [-0.2, -0.15) is 10.4 Å². The van der Waals surface area contributed by atoms with Crippen LogP contribution >= 0.6 is 0 Å². The normalized spacial score (nSPS) is 32.6. The number of hydrogen-bond acceptors (Lipinski definition) is 3. The van der Waals surface area contributed by atoms with Crippen LogP contribution in [0.25, 0.3) is 0 Å².